The molecule has 2 heterocycles. The first-order valence-corrected chi connectivity index (χ1v) is 11.5. The van der Waals surface area contributed by atoms with Gasteiger partial charge < -0.3 is 14.1 Å². The molecule has 1 amide bonds. The van der Waals surface area contributed by atoms with Gasteiger partial charge in [-0.3, -0.25) is 9.59 Å². The highest BCUT2D eigenvalue weighted by atomic mass is 35.5. The number of carbonyl (C=O) groups excluding carboxylic acids is 1. The number of halogens is 1. The molecule has 4 aromatic rings. The molecule has 3 aromatic carbocycles. The Morgan fingerprint density at radius 3 is 2.50 bits per heavy atom. The normalized spacial score (nSPS) is 15.1. The molecule has 5 nitrogen and oxygen atoms in total. The second-order valence-electron chi connectivity index (χ2n) is 8.69. The molecule has 5 rings (SSSR count). The molecule has 1 aliphatic heterocycles. The third kappa shape index (κ3) is 3.76. The summed E-state index contributed by atoms with van der Waals surface area (Å²) in [5.41, 5.74) is 4.31. The highest BCUT2D eigenvalue weighted by molar-refractivity contribution is 6.30. The zero-order chi connectivity index (χ0) is 24.0. The van der Waals surface area contributed by atoms with Crippen molar-refractivity contribution in [1.29, 1.82) is 0 Å². The van der Waals surface area contributed by atoms with Gasteiger partial charge in [0.05, 0.1) is 24.1 Å². The Kier molecular flexibility index (Phi) is 5.66. The smallest absolute Gasteiger partial charge is 0.290 e. The molecule has 6 heteroatoms. The van der Waals surface area contributed by atoms with E-state index in [0.29, 0.717) is 34.5 Å². The number of fused-ring (bicyclic) bond motifs is 2. The molecule has 0 saturated carbocycles. The number of carbonyl (C=O) groups is 1. The van der Waals surface area contributed by atoms with E-state index in [4.69, 9.17) is 20.8 Å². The first-order chi connectivity index (χ1) is 16.4. The summed E-state index contributed by atoms with van der Waals surface area (Å²) in [6.45, 7) is 4.25. The number of rotatable bonds is 5. The number of amides is 1. The second kappa shape index (κ2) is 8.65. The maximum Gasteiger partial charge on any atom is 0.290 e. The fourth-order valence-corrected chi connectivity index (χ4v) is 4.97. The molecule has 0 spiro atoms. The highest BCUT2D eigenvalue weighted by Gasteiger charge is 2.42. The van der Waals surface area contributed by atoms with Gasteiger partial charge in [-0.25, -0.2) is 0 Å². The average Bonchev–Trinajstić information content (AvgIpc) is 3.10. The van der Waals surface area contributed by atoms with Crippen LogP contribution < -0.4 is 10.2 Å². The molecule has 34 heavy (non-hydrogen) atoms. The van der Waals surface area contributed by atoms with Crippen molar-refractivity contribution >= 4 is 28.5 Å². The fourth-order valence-electron chi connectivity index (χ4n) is 4.77. The summed E-state index contributed by atoms with van der Waals surface area (Å²) >= 11 is 6.30. The van der Waals surface area contributed by atoms with Crippen molar-refractivity contribution < 1.29 is 13.9 Å². The molecule has 1 aliphatic rings. The second-order valence-corrected chi connectivity index (χ2v) is 9.12. The third-order valence-corrected chi connectivity index (χ3v) is 6.60. The number of aryl methyl sites for hydroxylation is 2. The molecule has 0 fully saturated rings. The van der Waals surface area contributed by atoms with Gasteiger partial charge in [0.1, 0.15) is 11.3 Å². The van der Waals surface area contributed by atoms with Gasteiger partial charge in [-0.05, 0) is 72.9 Å². The van der Waals surface area contributed by atoms with Gasteiger partial charge in [-0.2, -0.15) is 0 Å². The SMILES string of the molecule is COc1ccc(CCN2C(=O)c3oc4c(C)cc(C)cc4c(=O)c3C2c2cccc(Cl)c2)cc1. The van der Waals surface area contributed by atoms with Crippen LogP contribution in [0.2, 0.25) is 5.02 Å². The van der Waals surface area contributed by atoms with Crippen molar-refractivity contribution in [3.63, 3.8) is 0 Å². The lowest BCUT2D eigenvalue weighted by molar-refractivity contribution is 0.0730. The third-order valence-electron chi connectivity index (χ3n) is 6.36. The average molecular weight is 474 g/mol. The molecule has 0 aliphatic carbocycles. The monoisotopic (exact) mass is 473 g/mol. The Labute approximate surface area is 202 Å². The molecule has 0 saturated heterocycles. The molecular formula is C28H24ClNO4. The van der Waals surface area contributed by atoms with Crippen molar-refractivity contribution in [2.45, 2.75) is 26.3 Å². The van der Waals surface area contributed by atoms with Crippen LogP contribution in [0.4, 0.5) is 0 Å². The van der Waals surface area contributed by atoms with Crippen molar-refractivity contribution in [3.05, 3.63) is 109 Å². The molecule has 1 unspecified atom stereocenters. The number of benzene rings is 3. The minimum Gasteiger partial charge on any atom is -0.497 e. The number of hydrogen-bond donors (Lipinski definition) is 0. The van der Waals surface area contributed by atoms with E-state index in [1.165, 1.54) is 0 Å². The summed E-state index contributed by atoms with van der Waals surface area (Å²) < 4.78 is 11.4. The van der Waals surface area contributed by atoms with Crippen LogP contribution in [-0.2, 0) is 6.42 Å². The first kappa shape index (κ1) is 22.2. The van der Waals surface area contributed by atoms with Gasteiger partial charge in [-0.15, -0.1) is 0 Å². The number of methoxy groups -OCH3 is 1. The lowest BCUT2D eigenvalue weighted by atomic mass is 9.97. The summed E-state index contributed by atoms with van der Waals surface area (Å²) in [6, 6.07) is 18.3. The number of nitrogens with zero attached hydrogens (tertiary/aromatic N) is 1. The summed E-state index contributed by atoms with van der Waals surface area (Å²) in [4.78, 5) is 29.1. The van der Waals surface area contributed by atoms with E-state index >= 15 is 0 Å². The van der Waals surface area contributed by atoms with Crippen LogP contribution in [0.1, 0.15) is 44.4 Å². The van der Waals surface area contributed by atoms with E-state index in [-0.39, 0.29) is 17.1 Å². The minimum absolute atomic E-state index is 0.115. The molecule has 172 valence electrons. The fraction of sp³-hybridized carbons (Fsp3) is 0.214. The molecule has 1 aromatic heterocycles. The van der Waals surface area contributed by atoms with Crippen molar-refractivity contribution in [2.24, 2.45) is 0 Å². The molecule has 1 atom stereocenters. The largest absolute Gasteiger partial charge is 0.497 e. The van der Waals surface area contributed by atoms with Gasteiger partial charge in [-0.1, -0.05) is 41.9 Å². The topological polar surface area (TPSA) is 59.8 Å². The summed E-state index contributed by atoms with van der Waals surface area (Å²) in [5, 5.41) is 1.04. The van der Waals surface area contributed by atoms with E-state index < -0.39 is 6.04 Å². The van der Waals surface area contributed by atoms with Crippen LogP contribution in [-0.4, -0.2) is 24.5 Å². The van der Waals surface area contributed by atoms with E-state index in [2.05, 4.69) is 0 Å². The van der Waals surface area contributed by atoms with Gasteiger partial charge in [0.15, 0.2) is 5.43 Å². The minimum atomic E-state index is -0.569. The molecular weight excluding hydrogens is 450 g/mol. The Morgan fingerprint density at radius 2 is 1.79 bits per heavy atom. The number of ether oxygens (including phenoxy) is 1. The van der Waals surface area contributed by atoms with E-state index in [1.54, 1.807) is 24.1 Å². The van der Waals surface area contributed by atoms with E-state index in [1.807, 2.05) is 62.4 Å². The maximum absolute atomic E-state index is 13.7. The summed E-state index contributed by atoms with van der Waals surface area (Å²) in [5.74, 6) is 0.606. The summed E-state index contributed by atoms with van der Waals surface area (Å²) in [6.07, 6.45) is 0.618. The summed E-state index contributed by atoms with van der Waals surface area (Å²) in [7, 11) is 1.63. The lowest BCUT2D eigenvalue weighted by Crippen LogP contribution is -2.31. The maximum atomic E-state index is 13.7. The van der Waals surface area contributed by atoms with Crippen molar-refractivity contribution in [1.82, 2.24) is 4.90 Å². The van der Waals surface area contributed by atoms with Gasteiger partial charge in [0.25, 0.3) is 5.91 Å². The standard InChI is InChI=1S/C28H24ClNO4/c1-16-13-17(2)26-22(14-16)25(31)23-24(19-5-4-6-20(29)15-19)30(28(32)27(23)34-26)12-11-18-7-9-21(33-3)10-8-18/h4-10,13-15,24H,11-12H2,1-3H3. The van der Waals surface area contributed by atoms with Crippen LogP contribution in [0.15, 0.2) is 69.9 Å². The van der Waals surface area contributed by atoms with Crippen molar-refractivity contribution in [3.8, 4) is 5.75 Å². The van der Waals surface area contributed by atoms with Crippen LogP contribution >= 0.6 is 11.6 Å². The Hall–Kier alpha value is -3.57. The Bertz CT molecular complexity index is 1470. The predicted octanol–water partition coefficient (Wildman–Crippen LogP) is 5.86. The lowest BCUT2D eigenvalue weighted by Gasteiger charge is -2.25. The van der Waals surface area contributed by atoms with Crippen LogP contribution in [0.3, 0.4) is 0 Å². The Balaban J connectivity index is 1.63. The van der Waals surface area contributed by atoms with Crippen LogP contribution in [0.5, 0.6) is 5.75 Å². The zero-order valence-corrected chi connectivity index (χ0v) is 20.0. The zero-order valence-electron chi connectivity index (χ0n) is 19.2. The molecule has 0 bridgehead atoms. The van der Waals surface area contributed by atoms with E-state index in [0.717, 1.165) is 28.0 Å². The quantitative estimate of drug-likeness (QED) is 0.364. The van der Waals surface area contributed by atoms with Crippen LogP contribution in [0.25, 0.3) is 11.0 Å². The van der Waals surface area contributed by atoms with E-state index in [9.17, 15) is 9.59 Å². The van der Waals surface area contributed by atoms with Gasteiger partial charge in [0, 0.05) is 11.6 Å². The predicted molar refractivity (Wildman–Crippen MR) is 133 cm³/mol. The first-order valence-electron chi connectivity index (χ1n) is 11.1. The molecule has 0 N–H and O–H groups in total. The molecule has 0 radical (unpaired) electrons. The van der Waals surface area contributed by atoms with Gasteiger partial charge >= 0.3 is 0 Å². The number of hydrogen-bond acceptors (Lipinski definition) is 4. The van der Waals surface area contributed by atoms with Crippen molar-refractivity contribution in [2.75, 3.05) is 13.7 Å². The van der Waals surface area contributed by atoms with Gasteiger partial charge in [0.2, 0.25) is 5.76 Å². The highest BCUT2D eigenvalue weighted by Crippen LogP contribution is 2.39. The van der Waals surface area contributed by atoms with Crippen LogP contribution in [0, 0.1) is 13.8 Å². The Morgan fingerprint density at radius 1 is 1.03 bits per heavy atom.